The Balaban J connectivity index is -0.000000240. The maximum atomic E-state index is 9.60. The largest absolute Gasteiger partial charge is 0.478 e. The zero-order chi connectivity index (χ0) is 17.4. The topological polar surface area (TPSA) is 135 Å². The van der Waals surface area contributed by atoms with Crippen molar-refractivity contribution in [3.63, 3.8) is 0 Å². The van der Waals surface area contributed by atoms with E-state index in [1.807, 2.05) is 0 Å². The Morgan fingerprint density at radius 3 is 1.48 bits per heavy atom. The van der Waals surface area contributed by atoms with E-state index in [-0.39, 0.29) is 24.4 Å². The Kier molecular flexibility index (Phi) is 18.9. The van der Waals surface area contributed by atoms with Crippen LogP contribution in [-0.4, -0.2) is 56.8 Å². The highest BCUT2D eigenvalue weighted by atomic mass is 16.4. The van der Waals surface area contributed by atoms with E-state index < -0.39 is 18.0 Å². The van der Waals surface area contributed by atoms with Gasteiger partial charge in [-0.15, -0.1) is 0 Å². The van der Waals surface area contributed by atoms with E-state index in [0.29, 0.717) is 12.8 Å². The van der Waals surface area contributed by atoms with Crippen LogP contribution in [0.4, 0.5) is 0 Å². The zero-order valence-electron chi connectivity index (χ0n) is 12.6. The van der Waals surface area contributed by atoms with Crippen LogP contribution in [0.5, 0.6) is 0 Å². The second-order valence-electron chi connectivity index (χ2n) is 4.23. The Morgan fingerprint density at radius 1 is 0.952 bits per heavy atom. The van der Waals surface area contributed by atoms with E-state index in [4.69, 9.17) is 25.5 Å². The highest BCUT2D eigenvalue weighted by Crippen LogP contribution is 1.98. The SMILES string of the molecule is C=C(C)C(=O)O.C=C(C)C(=O)O.OCCCCC(O)CO. The fourth-order valence-electron chi connectivity index (χ4n) is 0.583. The van der Waals surface area contributed by atoms with Gasteiger partial charge in [0.1, 0.15) is 0 Å². The summed E-state index contributed by atoms with van der Waals surface area (Å²) in [6.45, 7) is 9.19. The summed E-state index contributed by atoms with van der Waals surface area (Å²) >= 11 is 0. The van der Waals surface area contributed by atoms with Crippen molar-refractivity contribution in [2.24, 2.45) is 0 Å². The van der Waals surface area contributed by atoms with Crippen LogP contribution in [0.1, 0.15) is 33.1 Å². The van der Waals surface area contributed by atoms with E-state index >= 15 is 0 Å². The number of hydrogen-bond donors (Lipinski definition) is 5. The summed E-state index contributed by atoms with van der Waals surface area (Å²) < 4.78 is 0. The van der Waals surface area contributed by atoms with Gasteiger partial charge in [0.25, 0.3) is 0 Å². The van der Waals surface area contributed by atoms with Crippen LogP contribution >= 0.6 is 0 Å². The van der Waals surface area contributed by atoms with Crippen LogP contribution in [0.25, 0.3) is 0 Å². The number of carboxylic acids is 2. The number of carbonyl (C=O) groups is 2. The van der Waals surface area contributed by atoms with Gasteiger partial charge in [-0.2, -0.15) is 0 Å². The molecule has 0 amide bonds. The minimum absolute atomic E-state index is 0.165. The monoisotopic (exact) mass is 306 g/mol. The zero-order valence-corrected chi connectivity index (χ0v) is 12.6. The molecule has 7 heteroatoms. The Hall–Kier alpha value is -1.70. The number of carboxylic acid groups (broad SMARTS) is 2. The molecule has 0 heterocycles. The van der Waals surface area contributed by atoms with Crippen molar-refractivity contribution >= 4 is 11.9 Å². The van der Waals surface area contributed by atoms with Crippen LogP contribution in [0, 0.1) is 0 Å². The third-order valence-corrected chi connectivity index (χ3v) is 1.89. The van der Waals surface area contributed by atoms with E-state index in [9.17, 15) is 9.59 Å². The maximum absolute atomic E-state index is 9.60. The molecular formula is C14H26O7. The number of rotatable bonds is 7. The minimum Gasteiger partial charge on any atom is -0.478 e. The van der Waals surface area contributed by atoms with Gasteiger partial charge in [-0.3, -0.25) is 0 Å². The fraction of sp³-hybridized carbons (Fsp3) is 0.571. The summed E-state index contributed by atoms with van der Waals surface area (Å²) in [6.07, 6.45) is 1.46. The molecule has 0 bridgehead atoms. The first-order chi connectivity index (χ1) is 9.59. The van der Waals surface area contributed by atoms with Gasteiger partial charge < -0.3 is 25.5 Å². The summed E-state index contributed by atoms with van der Waals surface area (Å²) in [7, 11) is 0. The lowest BCUT2D eigenvalue weighted by atomic mass is 10.2. The van der Waals surface area contributed by atoms with Crippen molar-refractivity contribution in [3.8, 4) is 0 Å². The average molecular weight is 306 g/mol. The molecule has 0 fully saturated rings. The van der Waals surface area contributed by atoms with Gasteiger partial charge in [-0.05, 0) is 33.1 Å². The lowest BCUT2D eigenvalue weighted by molar-refractivity contribution is -0.133. The van der Waals surface area contributed by atoms with Gasteiger partial charge in [-0.1, -0.05) is 13.2 Å². The standard InChI is InChI=1S/C6H14O3.2C4H6O2/c7-4-2-1-3-6(9)5-8;2*1-3(2)4(5)6/h6-9H,1-5H2;2*1H2,2H3,(H,5,6). The van der Waals surface area contributed by atoms with Crippen molar-refractivity contribution < 1.29 is 35.1 Å². The van der Waals surface area contributed by atoms with Crippen LogP contribution < -0.4 is 0 Å². The van der Waals surface area contributed by atoms with E-state index in [0.717, 1.165) is 6.42 Å². The third-order valence-electron chi connectivity index (χ3n) is 1.89. The first-order valence-corrected chi connectivity index (χ1v) is 6.27. The Morgan fingerprint density at radius 2 is 1.29 bits per heavy atom. The summed E-state index contributed by atoms with van der Waals surface area (Å²) in [5, 5.41) is 41.2. The second-order valence-corrected chi connectivity index (χ2v) is 4.23. The van der Waals surface area contributed by atoms with Gasteiger partial charge >= 0.3 is 11.9 Å². The van der Waals surface area contributed by atoms with Gasteiger partial charge in [0.2, 0.25) is 0 Å². The molecule has 21 heavy (non-hydrogen) atoms. The van der Waals surface area contributed by atoms with Crippen LogP contribution in [-0.2, 0) is 9.59 Å². The number of aliphatic carboxylic acids is 2. The number of unbranched alkanes of at least 4 members (excludes halogenated alkanes) is 1. The minimum atomic E-state index is -0.935. The summed E-state index contributed by atoms with van der Waals surface area (Å²) in [5.74, 6) is -1.87. The molecule has 0 saturated carbocycles. The quantitative estimate of drug-likeness (QED) is 0.346. The molecule has 0 aromatic heterocycles. The molecular weight excluding hydrogens is 280 g/mol. The van der Waals surface area contributed by atoms with E-state index in [2.05, 4.69) is 13.2 Å². The van der Waals surface area contributed by atoms with Crippen LogP contribution in [0.2, 0.25) is 0 Å². The molecule has 0 aromatic carbocycles. The molecule has 0 spiro atoms. The number of aliphatic hydroxyl groups excluding tert-OH is 3. The van der Waals surface area contributed by atoms with Crippen molar-refractivity contribution in [1.82, 2.24) is 0 Å². The van der Waals surface area contributed by atoms with Crippen molar-refractivity contribution in [1.29, 1.82) is 0 Å². The molecule has 124 valence electrons. The first kappa shape index (κ1) is 24.3. The van der Waals surface area contributed by atoms with Crippen LogP contribution in [0.15, 0.2) is 24.3 Å². The van der Waals surface area contributed by atoms with Crippen molar-refractivity contribution in [3.05, 3.63) is 24.3 Å². The fourth-order valence-corrected chi connectivity index (χ4v) is 0.583. The average Bonchev–Trinajstić information content (AvgIpc) is 2.39. The summed E-state index contributed by atoms with van der Waals surface area (Å²) in [4.78, 5) is 19.2. The first-order valence-electron chi connectivity index (χ1n) is 6.27. The molecule has 0 aliphatic heterocycles. The Labute approximate surface area is 124 Å². The smallest absolute Gasteiger partial charge is 0.330 e. The van der Waals surface area contributed by atoms with Gasteiger partial charge in [-0.25, -0.2) is 9.59 Å². The lowest BCUT2D eigenvalue weighted by Gasteiger charge is -2.03. The van der Waals surface area contributed by atoms with Crippen molar-refractivity contribution in [2.75, 3.05) is 13.2 Å². The number of hydrogen-bond acceptors (Lipinski definition) is 5. The molecule has 5 N–H and O–H groups in total. The maximum Gasteiger partial charge on any atom is 0.330 e. The van der Waals surface area contributed by atoms with E-state index in [1.54, 1.807) is 0 Å². The molecule has 7 nitrogen and oxygen atoms in total. The van der Waals surface area contributed by atoms with Gasteiger partial charge in [0.05, 0.1) is 12.7 Å². The molecule has 0 rings (SSSR count). The molecule has 0 aliphatic rings. The highest BCUT2D eigenvalue weighted by Gasteiger charge is 1.99. The lowest BCUT2D eigenvalue weighted by Crippen LogP contribution is -2.11. The number of aliphatic hydroxyl groups is 3. The molecule has 0 saturated heterocycles. The molecule has 1 unspecified atom stereocenters. The van der Waals surface area contributed by atoms with Crippen molar-refractivity contribution in [2.45, 2.75) is 39.2 Å². The molecule has 0 aliphatic carbocycles. The second kappa shape index (κ2) is 16.4. The highest BCUT2D eigenvalue weighted by molar-refractivity contribution is 5.85. The molecule has 1 atom stereocenters. The third kappa shape index (κ3) is 27.5. The van der Waals surface area contributed by atoms with Crippen LogP contribution in [0.3, 0.4) is 0 Å². The molecule has 0 aromatic rings. The van der Waals surface area contributed by atoms with Gasteiger partial charge in [0, 0.05) is 17.8 Å². The van der Waals surface area contributed by atoms with Gasteiger partial charge in [0.15, 0.2) is 0 Å². The Bertz CT molecular complexity index is 275. The summed E-state index contributed by atoms with van der Waals surface area (Å²) in [5.41, 5.74) is 0.352. The predicted octanol–water partition coefficient (Wildman–Crippen LogP) is 0.796. The normalized spacial score (nSPS) is 10.1. The van der Waals surface area contributed by atoms with E-state index in [1.165, 1.54) is 13.8 Å². The summed E-state index contributed by atoms with van der Waals surface area (Å²) in [6, 6.07) is 0. The molecule has 0 radical (unpaired) electrons. The predicted molar refractivity (Wildman–Crippen MR) is 78.9 cm³/mol.